The molecule has 33 heavy (non-hydrogen) atoms. The van der Waals surface area contributed by atoms with Gasteiger partial charge in [-0.2, -0.15) is 0 Å². The first-order valence-corrected chi connectivity index (χ1v) is 9.89. The number of benzene rings is 2. The summed E-state index contributed by atoms with van der Waals surface area (Å²) in [5, 5.41) is 60.4. The Hall–Kier alpha value is -3.51. The smallest absolute Gasteiger partial charge is 0.239 e. The van der Waals surface area contributed by atoms with Gasteiger partial charge >= 0.3 is 0 Å². The van der Waals surface area contributed by atoms with Crippen LogP contribution in [0.1, 0.15) is 6.92 Å². The van der Waals surface area contributed by atoms with Crippen molar-refractivity contribution < 1.29 is 49.3 Å². The van der Waals surface area contributed by atoms with Crippen molar-refractivity contribution in [3.63, 3.8) is 0 Å². The van der Waals surface area contributed by atoms with E-state index in [0.717, 1.165) is 6.07 Å². The molecular weight excluding hydrogens is 440 g/mol. The van der Waals surface area contributed by atoms with Gasteiger partial charge < -0.3 is 49.3 Å². The summed E-state index contributed by atoms with van der Waals surface area (Å²) in [5.74, 6) is -2.05. The molecular formula is C22H22O11. The molecule has 0 bridgehead atoms. The highest BCUT2D eigenvalue weighted by atomic mass is 16.7. The van der Waals surface area contributed by atoms with Gasteiger partial charge in [-0.25, -0.2) is 0 Å². The Morgan fingerprint density at radius 1 is 0.970 bits per heavy atom. The van der Waals surface area contributed by atoms with E-state index in [-0.39, 0.29) is 28.4 Å². The summed E-state index contributed by atoms with van der Waals surface area (Å²) >= 11 is 0. The van der Waals surface area contributed by atoms with E-state index in [0.29, 0.717) is 0 Å². The van der Waals surface area contributed by atoms with Gasteiger partial charge in [-0.1, -0.05) is 0 Å². The number of phenols is 3. The summed E-state index contributed by atoms with van der Waals surface area (Å²) < 4.78 is 21.8. The third kappa shape index (κ3) is 3.80. The van der Waals surface area contributed by atoms with Gasteiger partial charge in [0.25, 0.3) is 0 Å². The molecule has 11 heteroatoms. The highest BCUT2D eigenvalue weighted by Crippen LogP contribution is 2.43. The van der Waals surface area contributed by atoms with E-state index in [9.17, 15) is 35.4 Å². The second-order valence-corrected chi connectivity index (χ2v) is 7.59. The van der Waals surface area contributed by atoms with Gasteiger partial charge in [-0.05, 0) is 31.2 Å². The summed E-state index contributed by atoms with van der Waals surface area (Å²) in [6.45, 7) is 1.44. The molecule has 0 saturated carbocycles. The molecule has 4 rings (SSSR count). The minimum Gasteiger partial charge on any atom is -0.508 e. The van der Waals surface area contributed by atoms with Gasteiger partial charge in [0.2, 0.25) is 23.2 Å². The molecule has 1 aliphatic rings. The van der Waals surface area contributed by atoms with Crippen LogP contribution in [0, 0.1) is 0 Å². The fourth-order valence-electron chi connectivity index (χ4n) is 3.59. The number of ether oxygens (including phenoxy) is 3. The second-order valence-electron chi connectivity index (χ2n) is 7.59. The molecule has 11 nitrogen and oxygen atoms in total. The van der Waals surface area contributed by atoms with Gasteiger partial charge in [-0.3, -0.25) is 4.79 Å². The zero-order valence-corrected chi connectivity index (χ0v) is 17.5. The Kier molecular flexibility index (Phi) is 5.80. The number of methoxy groups -OCH3 is 1. The number of phenolic OH excluding ortho intramolecular Hbond substituents is 3. The minimum atomic E-state index is -1.73. The molecule has 0 amide bonds. The number of aliphatic hydroxyl groups is 3. The maximum atomic E-state index is 13.4. The van der Waals surface area contributed by atoms with E-state index >= 15 is 0 Å². The van der Waals surface area contributed by atoms with Crippen LogP contribution in [0.5, 0.6) is 28.7 Å². The third-order valence-corrected chi connectivity index (χ3v) is 5.43. The first-order chi connectivity index (χ1) is 15.6. The topological polar surface area (TPSA) is 179 Å². The predicted molar refractivity (Wildman–Crippen MR) is 112 cm³/mol. The van der Waals surface area contributed by atoms with Crippen molar-refractivity contribution in [3.8, 4) is 40.1 Å². The first-order valence-electron chi connectivity index (χ1n) is 9.89. The number of rotatable bonds is 4. The molecule has 1 aromatic heterocycles. The molecule has 1 aliphatic heterocycles. The lowest BCUT2D eigenvalue weighted by Gasteiger charge is -2.38. The van der Waals surface area contributed by atoms with Crippen molar-refractivity contribution in [2.24, 2.45) is 0 Å². The van der Waals surface area contributed by atoms with Crippen LogP contribution in [0.4, 0.5) is 0 Å². The van der Waals surface area contributed by atoms with Crippen LogP contribution in [-0.4, -0.2) is 68.5 Å². The fraction of sp³-hybridized carbons (Fsp3) is 0.318. The van der Waals surface area contributed by atoms with E-state index in [1.54, 1.807) is 0 Å². The van der Waals surface area contributed by atoms with E-state index in [1.807, 2.05) is 0 Å². The molecule has 5 unspecified atom stereocenters. The van der Waals surface area contributed by atoms with Gasteiger partial charge in [0.1, 0.15) is 35.2 Å². The van der Waals surface area contributed by atoms with Crippen LogP contribution in [0.15, 0.2) is 39.5 Å². The molecule has 0 aliphatic carbocycles. The van der Waals surface area contributed by atoms with Crippen molar-refractivity contribution >= 4 is 11.0 Å². The Morgan fingerprint density at radius 2 is 1.64 bits per heavy atom. The van der Waals surface area contributed by atoms with Crippen molar-refractivity contribution in [1.82, 2.24) is 0 Å². The molecule has 176 valence electrons. The Labute approximate surface area is 186 Å². The van der Waals surface area contributed by atoms with Gasteiger partial charge in [0.15, 0.2) is 17.1 Å². The zero-order chi connectivity index (χ0) is 24.0. The molecule has 5 atom stereocenters. The van der Waals surface area contributed by atoms with E-state index in [4.69, 9.17) is 18.6 Å². The monoisotopic (exact) mass is 462 g/mol. The largest absolute Gasteiger partial charge is 0.508 e. The molecule has 3 aromatic rings. The molecule has 0 spiro atoms. The Balaban J connectivity index is 1.95. The van der Waals surface area contributed by atoms with Gasteiger partial charge in [0.05, 0.1) is 13.2 Å². The van der Waals surface area contributed by atoms with Crippen LogP contribution in [0.2, 0.25) is 0 Å². The van der Waals surface area contributed by atoms with Crippen LogP contribution in [0.3, 0.4) is 0 Å². The summed E-state index contributed by atoms with van der Waals surface area (Å²) in [6.07, 6.45) is -7.26. The standard InChI is InChI=1S/C22H22O11/c1-8-14(25)17(28)18(29)22(31-8)33-21-16(27)13-11(24)7-12(30-2)15(26)20(13)32-19(21)9-3-5-10(23)6-4-9/h3-8,14,17-18,22-26,28-29H,1-2H3. The van der Waals surface area contributed by atoms with Crippen LogP contribution in [-0.2, 0) is 4.74 Å². The number of fused-ring (bicyclic) bond motifs is 1. The van der Waals surface area contributed by atoms with Crippen molar-refractivity contribution in [2.75, 3.05) is 7.11 Å². The molecule has 2 heterocycles. The lowest BCUT2D eigenvalue weighted by molar-refractivity contribution is -0.268. The highest BCUT2D eigenvalue weighted by molar-refractivity contribution is 5.93. The highest BCUT2D eigenvalue weighted by Gasteiger charge is 2.44. The van der Waals surface area contributed by atoms with E-state index in [2.05, 4.69) is 0 Å². The zero-order valence-electron chi connectivity index (χ0n) is 17.5. The van der Waals surface area contributed by atoms with Crippen LogP contribution >= 0.6 is 0 Å². The number of aliphatic hydroxyl groups excluding tert-OH is 3. The van der Waals surface area contributed by atoms with Crippen LogP contribution < -0.4 is 14.9 Å². The summed E-state index contributed by atoms with van der Waals surface area (Å²) in [5.41, 5.74) is -1.07. The third-order valence-electron chi connectivity index (χ3n) is 5.43. The Bertz CT molecular complexity index is 1230. The van der Waals surface area contributed by atoms with Crippen molar-refractivity contribution in [3.05, 3.63) is 40.6 Å². The van der Waals surface area contributed by atoms with E-state index in [1.165, 1.54) is 38.3 Å². The second kappa shape index (κ2) is 8.45. The lowest BCUT2D eigenvalue weighted by Crippen LogP contribution is -2.58. The average Bonchev–Trinajstić information content (AvgIpc) is 2.79. The summed E-state index contributed by atoms with van der Waals surface area (Å²) in [7, 11) is 1.25. The van der Waals surface area contributed by atoms with Crippen LogP contribution in [0.25, 0.3) is 22.3 Å². The van der Waals surface area contributed by atoms with Crippen molar-refractivity contribution in [1.29, 1.82) is 0 Å². The number of hydrogen-bond acceptors (Lipinski definition) is 11. The quantitative estimate of drug-likeness (QED) is 0.302. The molecule has 1 fully saturated rings. The normalized spacial score (nSPS) is 25.2. The van der Waals surface area contributed by atoms with Gasteiger partial charge in [-0.15, -0.1) is 0 Å². The predicted octanol–water partition coefficient (Wildman–Crippen LogP) is 0.792. The fourth-order valence-corrected chi connectivity index (χ4v) is 3.59. The minimum absolute atomic E-state index is 0.0662. The van der Waals surface area contributed by atoms with Crippen molar-refractivity contribution in [2.45, 2.75) is 37.6 Å². The maximum Gasteiger partial charge on any atom is 0.239 e. The molecule has 2 aromatic carbocycles. The van der Waals surface area contributed by atoms with E-state index < -0.39 is 58.8 Å². The maximum absolute atomic E-state index is 13.4. The SMILES string of the molecule is COc1cc(O)c2c(=O)c(OC3OC(C)C(O)C(O)C3O)c(-c3ccc(O)cc3)oc2c1O. The Morgan fingerprint density at radius 3 is 2.27 bits per heavy atom. The summed E-state index contributed by atoms with van der Waals surface area (Å²) in [6, 6.07) is 6.47. The molecule has 0 radical (unpaired) electrons. The number of hydrogen-bond donors (Lipinski definition) is 6. The molecule has 6 N–H and O–H groups in total. The summed E-state index contributed by atoms with van der Waals surface area (Å²) in [4.78, 5) is 13.4. The number of aromatic hydroxyl groups is 3. The molecule has 1 saturated heterocycles. The average molecular weight is 462 g/mol. The van der Waals surface area contributed by atoms with Gasteiger partial charge in [0, 0.05) is 11.6 Å². The lowest BCUT2D eigenvalue weighted by atomic mass is 10.00. The first kappa shape index (κ1) is 22.7.